The van der Waals surface area contributed by atoms with Gasteiger partial charge in [0.15, 0.2) is 5.88 Å². The molecule has 5 nitrogen and oxygen atoms in total. The summed E-state index contributed by atoms with van der Waals surface area (Å²) in [6.07, 6.45) is -2.97. The lowest BCUT2D eigenvalue weighted by atomic mass is 10.1. The Bertz CT molecular complexity index is 455. The highest BCUT2D eigenvalue weighted by Gasteiger charge is 2.23. The van der Waals surface area contributed by atoms with Crippen LogP contribution in [0.25, 0.3) is 0 Å². The normalized spacial score (nSPS) is 10.3. The largest absolute Gasteiger partial charge is 0.482 e. The predicted molar refractivity (Wildman–Crippen MR) is 49.9 cm³/mol. The molecule has 0 radical (unpaired) electrons. The zero-order chi connectivity index (χ0) is 12.3. The van der Waals surface area contributed by atoms with Gasteiger partial charge in [-0.05, 0) is 0 Å². The lowest BCUT2D eigenvalue weighted by Gasteiger charge is -2.08. The highest BCUT2D eigenvalue weighted by Crippen LogP contribution is 2.23. The van der Waals surface area contributed by atoms with Crippen molar-refractivity contribution >= 4 is 5.97 Å². The first-order chi connectivity index (χ1) is 7.51. The van der Waals surface area contributed by atoms with Gasteiger partial charge in [0.25, 0.3) is 12.0 Å². The Morgan fingerprint density at radius 1 is 1.44 bits per heavy atom. The van der Waals surface area contributed by atoms with Gasteiger partial charge >= 0.3 is 5.97 Å². The standard InChI is InChI=1S/C9H9F2NO4/c1-15-5-3-4(7(10)11)6(8(13)12-5)9(14)16-2/h3,7H,1-2H3,(H,12,13). The second-order valence-electron chi connectivity index (χ2n) is 2.79. The number of hydrogen-bond donors (Lipinski definition) is 1. The second kappa shape index (κ2) is 4.73. The predicted octanol–water partition coefficient (Wildman–Crippen LogP) is 1.11. The van der Waals surface area contributed by atoms with Crippen molar-refractivity contribution in [1.29, 1.82) is 0 Å². The first kappa shape index (κ1) is 12.2. The summed E-state index contributed by atoms with van der Waals surface area (Å²) in [5.41, 5.74) is -2.40. The molecule has 0 aliphatic heterocycles. The van der Waals surface area contributed by atoms with Gasteiger partial charge in [-0.25, -0.2) is 13.6 Å². The van der Waals surface area contributed by atoms with Crippen molar-refractivity contribution in [2.75, 3.05) is 14.2 Å². The molecular formula is C9H9F2NO4. The Morgan fingerprint density at radius 2 is 2.06 bits per heavy atom. The number of halogens is 2. The zero-order valence-electron chi connectivity index (χ0n) is 8.54. The molecular weight excluding hydrogens is 224 g/mol. The van der Waals surface area contributed by atoms with Crippen molar-refractivity contribution in [1.82, 2.24) is 4.98 Å². The molecule has 0 saturated carbocycles. The van der Waals surface area contributed by atoms with Crippen LogP contribution in [0.5, 0.6) is 5.88 Å². The Hall–Kier alpha value is -1.92. The Kier molecular flexibility index (Phi) is 3.60. The van der Waals surface area contributed by atoms with Crippen molar-refractivity contribution in [2.24, 2.45) is 0 Å². The highest BCUT2D eigenvalue weighted by molar-refractivity contribution is 5.90. The average Bonchev–Trinajstić information content (AvgIpc) is 2.26. The summed E-state index contributed by atoms with van der Waals surface area (Å²) in [7, 11) is 2.21. The maximum absolute atomic E-state index is 12.6. The van der Waals surface area contributed by atoms with Gasteiger partial charge in [-0.3, -0.25) is 9.78 Å². The smallest absolute Gasteiger partial charge is 0.344 e. The van der Waals surface area contributed by atoms with E-state index in [1.807, 2.05) is 0 Å². The van der Waals surface area contributed by atoms with E-state index in [9.17, 15) is 18.4 Å². The van der Waals surface area contributed by atoms with E-state index in [0.29, 0.717) is 0 Å². The molecule has 88 valence electrons. The fourth-order valence-corrected chi connectivity index (χ4v) is 1.15. The average molecular weight is 233 g/mol. The molecule has 0 unspecified atom stereocenters. The minimum absolute atomic E-state index is 0.145. The summed E-state index contributed by atoms with van der Waals surface area (Å²) < 4.78 is 34.1. The molecule has 0 aromatic carbocycles. The SMILES string of the molecule is COC(=O)c1c(C(F)F)cc(OC)[nH]c1=O. The summed E-state index contributed by atoms with van der Waals surface area (Å²) in [5, 5.41) is 0. The van der Waals surface area contributed by atoms with E-state index in [-0.39, 0.29) is 5.88 Å². The maximum atomic E-state index is 12.6. The molecule has 0 bridgehead atoms. The van der Waals surface area contributed by atoms with Gasteiger partial charge in [0.05, 0.1) is 14.2 Å². The number of alkyl halides is 2. The number of ether oxygens (including phenoxy) is 2. The lowest BCUT2D eigenvalue weighted by molar-refractivity contribution is 0.0586. The number of hydrogen-bond acceptors (Lipinski definition) is 4. The molecule has 1 heterocycles. The van der Waals surface area contributed by atoms with Gasteiger partial charge in [0.2, 0.25) is 0 Å². The molecule has 0 fully saturated rings. The molecule has 0 aliphatic rings. The van der Waals surface area contributed by atoms with Gasteiger partial charge in [-0.2, -0.15) is 0 Å². The van der Waals surface area contributed by atoms with Gasteiger partial charge < -0.3 is 9.47 Å². The Labute approximate surface area is 89.0 Å². The summed E-state index contributed by atoms with van der Waals surface area (Å²) in [4.78, 5) is 24.6. The van der Waals surface area contributed by atoms with Crippen molar-refractivity contribution in [3.8, 4) is 5.88 Å². The zero-order valence-corrected chi connectivity index (χ0v) is 8.54. The number of nitrogens with one attached hydrogen (secondary N) is 1. The molecule has 0 spiro atoms. The van der Waals surface area contributed by atoms with E-state index in [0.717, 1.165) is 13.2 Å². The molecule has 16 heavy (non-hydrogen) atoms. The van der Waals surface area contributed by atoms with Crippen LogP contribution in [0.3, 0.4) is 0 Å². The topological polar surface area (TPSA) is 68.4 Å². The van der Waals surface area contributed by atoms with Crippen molar-refractivity contribution in [3.63, 3.8) is 0 Å². The highest BCUT2D eigenvalue weighted by atomic mass is 19.3. The van der Waals surface area contributed by atoms with E-state index >= 15 is 0 Å². The number of rotatable bonds is 3. The molecule has 1 N–H and O–H groups in total. The molecule has 0 amide bonds. The van der Waals surface area contributed by atoms with Gasteiger partial charge in [-0.15, -0.1) is 0 Å². The van der Waals surface area contributed by atoms with Crippen LogP contribution in [0, 0.1) is 0 Å². The molecule has 1 aromatic rings. The minimum atomic E-state index is -2.97. The number of H-pyrrole nitrogens is 1. The fourth-order valence-electron chi connectivity index (χ4n) is 1.15. The minimum Gasteiger partial charge on any atom is -0.482 e. The third kappa shape index (κ3) is 2.18. The van der Waals surface area contributed by atoms with Crippen LogP contribution in [0.2, 0.25) is 0 Å². The van der Waals surface area contributed by atoms with Crippen LogP contribution < -0.4 is 10.3 Å². The molecule has 1 rings (SSSR count). The Balaban J connectivity index is 3.46. The molecule has 0 aliphatic carbocycles. The Morgan fingerprint density at radius 3 is 2.50 bits per heavy atom. The van der Waals surface area contributed by atoms with Crippen molar-refractivity contribution in [3.05, 3.63) is 27.5 Å². The van der Waals surface area contributed by atoms with E-state index in [2.05, 4.69) is 14.5 Å². The number of aromatic nitrogens is 1. The quantitative estimate of drug-likeness (QED) is 0.794. The molecule has 0 saturated heterocycles. The number of aromatic amines is 1. The van der Waals surface area contributed by atoms with Crippen LogP contribution in [-0.2, 0) is 4.74 Å². The fraction of sp³-hybridized carbons (Fsp3) is 0.333. The number of methoxy groups -OCH3 is 2. The monoisotopic (exact) mass is 233 g/mol. The number of esters is 1. The first-order valence-corrected chi connectivity index (χ1v) is 4.19. The number of carbonyl (C=O) groups is 1. The van der Waals surface area contributed by atoms with Gasteiger partial charge in [0, 0.05) is 11.6 Å². The molecule has 1 aromatic heterocycles. The molecule has 7 heteroatoms. The van der Waals surface area contributed by atoms with Crippen LogP contribution in [0.15, 0.2) is 10.9 Å². The van der Waals surface area contributed by atoms with E-state index in [1.165, 1.54) is 7.11 Å². The lowest BCUT2D eigenvalue weighted by Crippen LogP contribution is -2.22. The van der Waals surface area contributed by atoms with E-state index in [4.69, 9.17) is 0 Å². The third-order valence-corrected chi connectivity index (χ3v) is 1.88. The maximum Gasteiger partial charge on any atom is 0.344 e. The number of pyridine rings is 1. The summed E-state index contributed by atoms with van der Waals surface area (Å²) in [6.45, 7) is 0. The summed E-state index contributed by atoms with van der Waals surface area (Å²) in [5.74, 6) is -1.26. The third-order valence-electron chi connectivity index (χ3n) is 1.88. The van der Waals surface area contributed by atoms with Crippen LogP contribution in [-0.4, -0.2) is 25.2 Å². The summed E-state index contributed by atoms with van der Waals surface area (Å²) in [6, 6.07) is 0.887. The van der Waals surface area contributed by atoms with Gasteiger partial charge in [0.1, 0.15) is 5.56 Å². The van der Waals surface area contributed by atoms with Crippen molar-refractivity contribution in [2.45, 2.75) is 6.43 Å². The molecule has 0 atom stereocenters. The van der Waals surface area contributed by atoms with Crippen LogP contribution in [0.1, 0.15) is 22.3 Å². The number of carbonyl (C=O) groups excluding carboxylic acids is 1. The van der Waals surface area contributed by atoms with Crippen molar-refractivity contribution < 1.29 is 23.0 Å². The van der Waals surface area contributed by atoms with E-state index < -0.39 is 29.1 Å². The summed E-state index contributed by atoms with van der Waals surface area (Å²) >= 11 is 0. The van der Waals surface area contributed by atoms with E-state index in [1.54, 1.807) is 0 Å². The van der Waals surface area contributed by atoms with Gasteiger partial charge in [-0.1, -0.05) is 0 Å². The second-order valence-corrected chi connectivity index (χ2v) is 2.79. The first-order valence-electron chi connectivity index (χ1n) is 4.19. The van der Waals surface area contributed by atoms with Crippen LogP contribution >= 0.6 is 0 Å². The van der Waals surface area contributed by atoms with Crippen LogP contribution in [0.4, 0.5) is 8.78 Å².